The van der Waals surface area contributed by atoms with Crippen LogP contribution in [0.1, 0.15) is 12.0 Å². The first kappa shape index (κ1) is 22.3. The monoisotopic (exact) mass is 401 g/mol. The van der Waals surface area contributed by atoms with Crippen molar-refractivity contribution in [3.8, 4) is 5.75 Å². The molecule has 0 saturated heterocycles. The third kappa shape index (κ3) is 7.15. The summed E-state index contributed by atoms with van der Waals surface area (Å²) in [6.07, 6.45) is -11.3. The van der Waals surface area contributed by atoms with Gasteiger partial charge in [-0.05, 0) is 12.1 Å². The molecule has 0 aliphatic carbocycles. The van der Waals surface area contributed by atoms with E-state index in [1.165, 1.54) is 0 Å². The third-order valence-corrected chi connectivity index (χ3v) is 3.20. The van der Waals surface area contributed by atoms with Crippen LogP contribution in [0.3, 0.4) is 0 Å². The van der Waals surface area contributed by atoms with E-state index in [-0.39, 0.29) is 11.6 Å². The first-order valence-corrected chi connectivity index (χ1v) is 7.17. The standard InChI is InChI=1S/C15H14F7N3O2/c16-10-5-9(26)2-1-8(10)7-25(4-3-14(17,18)19)13(27)11(23)6-12(24)15(20,21)22/h1-2,5-6,24,26H,3-4,7,23H2/b11-6-,24-12?. The molecule has 1 amide bonds. The Bertz CT molecular complexity index is 742. The molecule has 0 saturated carbocycles. The maximum Gasteiger partial charge on any atom is 0.432 e. The van der Waals surface area contributed by atoms with Crippen molar-refractivity contribution in [2.24, 2.45) is 5.73 Å². The van der Waals surface area contributed by atoms with Gasteiger partial charge in [0.2, 0.25) is 0 Å². The lowest BCUT2D eigenvalue weighted by atomic mass is 10.1. The normalized spacial score (nSPS) is 12.8. The molecular formula is C15H14F7N3O2. The van der Waals surface area contributed by atoms with E-state index >= 15 is 0 Å². The van der Waals surface area contributed by atoms with Crippen molar-refractivity contribution in [1.82, 2.24) is 4.90 Å². The maximum atomic E-state index is 13.8. The van der Waals surface area contributed by atoms with Gasteiger partial charge in [-0.2, -0.15) is 26.3 Å². The van der Waals surface area contributed by atoms with E-state index in [0.29, 0.717) is 11.0 Å². The van der Waals surface area contributed by atoms with E-state index in [9.17, 15) is 35.5 Å². The molecule has 0 atom stereocenters. The van der Waals surface area contributed by atoms with Gasteiger partial charge in [0.05, 0.1) is 12.1 Å². The highest BCUT2D eigenvalue weighted by Gasteiger charge is 2.34. The van der Waals surface area contributed by atoms with Crippen molar-refractivity contribution in [1.29, 1.82) is 5.41 Å². The van der Waals surface area contributed by atoms with Crippen molar-refractivity contribution in [2.45, 2.75) is 25.3 Å². The maximum absolute atomic E-state index is 13.8. The molecule has 12 heteroatoms. The quantitative estimate of drug-likeness (QED) is 0.388. The van der Waals surface area contributed by atoms with Gasteiger partial charge >= 0.3 is 12.4 Å². The average Bonchev–Trinajstić information content (AvgIpc) is 2.50. The minimum Gasteiger partial charge on any atom is -0.508 e. The highest BCUT2D eigenvalue weighted by molar-refractivity contribution is 6.04. The number of aromatic hydroxyl groups is 1. The van der Waals surface area contributed by atoms with Crippen LogP contribution >= 0.6 is 0 Å². The Kier molecular flexibility index (Phi) is 6.81. The fraction of sp³-hybridized carbons (Fsp3) is 0.333. The number of rotatable bonds is 6. The topological polar surface area (TPSA) is 90.4 Å². The number of nitrogens with zero attached hydrogens (tertiary/aromatic N) is 1. The molecule has 4 N–H and O–H groups in total. The van der Waals surface area contributed by atoms with Crippen LogP contribution in [0, 0.1) is 11.2 Å². The van der Waals surface area contributed by atoms with Gasteiger partial charge in [-0.25, -0.2) is 4.39 Å². The zero-order chi connectivity index (χ0) is 21.0. The SMILES string of the molecule is N=C(/C=C(\N)C(=O)N(CCC(F)(F)F)Cc1ccc(O)cc1F)C(F)(F)F. The molecule has 0 radical (unpaired) electrons. The molecule has 27 heavy (non-hydrogen) atoms. The van der Waals surface area contributed by atoms with E-state index in [0.717, 1.165) is 12.1 Å². The van der Waals surface area contributed by atoms with Gasteiger partial charge in [0.15, 0.2) is 0 Å². The van der Waals surface area contributed by atoms with Crippen LogP contribution in [0.5, 0.6) is 5.75 Å². The van der Waals surface area contributed by atoms with Gasteiger partial charge in [-0.1, -0.05) is 6.07 Å². The number of benzene rings is 1. The van der Waals surface area contributed by atoms with Crippen LogP contribution in [0.25, 0.3) is 0 Å². The van der Waals surface area contributed by atoms with Crippen LogP contribution in [0.2, 0.25) is 0 Å². The minimum absolute atomic E-state index is 0.0316. The Morgan fingerprint density at radius 1 is 1.22 bits per heavy atom. The number of phenols is 1. The van der Waals surface area contributed by atoms with E-state index in [1.807, 2.05) is 0 Å². The fourth-order valence-corrected chi connectivity index (χ4v) is 1.87. The van der Waals surface area contributed by atoms with Crippen molar-refractivity contribution >= 4 is 11.6 Å². The molecule has 5 nitrogen and oxygen atoms in total. The Morgan fingerprint density at radius 2 is 1.81 bits per heavy atom. The molecule has 0 aliphatic rings. The predicted molar refractivity (Wildman–Crippen MR) is 80.2 cm³/mol. The molecule has 0 spiro atoms. The molecule has 0 aliphatic heterocycles. The molecule has 0 aromatic heterocycles. The molecule has 0 fully saturated rings. The van der Waals surface area contributed by atoms with E-state index in [4.69, 9.17) is 16.2 Å². The number of allylic oxidation sites excluding steroid dienone is 1. The number of phenolic OH excluding ortho intramolecular Hbond substituents is 1. The first-order chi connectivity index (χ1) is 12.2. The van der Waals surface area contributed by atoms with Crippen molar-refractivity contribution in [3.05, 3.63) is 41.4 Å². The van der Waals surface area contributed by atoms with Crippen molar-refractivity contribution in [3.63, 3.8) is 0 Å². The summed E-state index contributed by atoms with van der Waals surface area (Å²) in [5.74, 6) is -2.94. The van der Waals surface area contributed by atoms with Crippen molar-refractivity contribution in [2.75, 3.05) is 6.54 Å². The second kappa shape index (κ2) is 8.27. The number of nitrogens with one attached hydrogen (secondary N) is 1. The number of hydrogen-bond donors (Lipinski definition) is 3. The number of nitrogens with two attached hydrogens (primary N) is 1. The van der Waals surface area contributed by atoms with Crippen molar-refractivity contribution < 1.29 is 40.6 Å². The Balaban J connectivity index is 3.11. The van der Waals surface area contributed by atoms with Crippen LogP contribution in [-0.4, -0.2) is 40.5 Å². The second-order valence-corrected chi connectivity index (χ2v) is 5.38. The number of carbonyl (C=O) groups is 1. The Labute approximate surface area is 148 Å². The average molecular weight is 401 g/mol. The fourth-order valence-electron chi connectivity index (χ4n) is 1.87. The van der Waals surface area contributed by atoms with E-state index < -0.39 is 60.7 Å². The molecular weight excluding hydrogens is 387 g/mol. The molecule has 1 aromatic rings. The highest BCUT2D eigenvalue weighted by atomic mass is 19.4. The van der Waals surface area contributed by atoms with Crippen LogP contribution < -0.4 is 5.73 Å². The molecule has 0 unspecified atom stereocenters. The summed E-state index contributed by atoms with van der Waals surface area (Å²) in [6, 6.07) is 2.67. The highest BCUT2D eigenvalue weighted by Crippen LogP contribution is 2.23. The number of alkyl halides is 6. The predicted octanol–water partition coefficient (Wildman–Crippen LogP) is 3.24. The minimum atomic E-state index is -5.11. The number of halogens is 7. The van der Waals surface area contributed by atoms with Gasteiger partial charge in [0, 0.05) is 24.7 Å². The lowest BCUT2D eigenvalue weighted by Crippen LogP contribution is -2.37. The van der Waals surface area contributed by atoms with Crippen LogP contribution in [-0.2, 0) is 11.3 Å². The Hall–Kier alpha value is -2.79. The van der Waals surface area contributed by atoms with Gasteiger partial charge < -0.3 is 15.7 Å². The molecule has 1 rings (SSSR count). The number of amides is 1. The molecule has 0 heterocycles. The zero-order valence-electron chi connectivity index (χ0n) is 13.5. The van der Waals surface area contributed by atoms with Gasteiger partial charge in [-0.15, -0.1) is 0 Å². The zero-order valence-corrected chi connectivity index (χ0v) is 13.5. The van der Waals surface area contributed by atoms with E-state index in [2.05, 4.69) is 0 Å². The molecule has 1 aromatic carbocycles. The summed E-state index contributed by atoms with van der Waals surface area (Å²) < 4.78 is 88.1. The van der Waals surface area contributed by atoms with Gasteiger partial charge in [0.1, 0.15) is 17.3 Å². The molecule has 150 valence electrons. The van der Waals surface area contributed by atoms with Crippen LogP contribution in [0.15, 0.2) is 30.0 Å². The first-order valence-electron chi connectivity index (χ1n) is 7.17. The largest absolute Gasteiger partial charge is 0.508 e. The second-order valence-electron chi connectivity index (χ2n) is 5.38. The van der Waals surface area contributed by atoms with Gasteiger partial charge in [0.25, 0.3) is 5.91 Å². The summed E-state index contributed by atoms with van der Waals surface area (Å²) >= 11 is 0. The summed E-state index contributed by atoms with van der Waals surface area (Å²) in [6.45, 7) is -1.74. The summed E-state index contributed by atoms with van der Waals surface area (Å²) in [7, 11) is 0. The van der Waals surface area contributed by atoms with Gasteiger partial charge in [-0.3, -0.25) is 10.2 Å². The van der Waals surface area contributed by atoms with Crippen LogP contribution in [0.4, 0.5) is 30.7 Å². The van der Waals surface area contributed by atoms with E-state index in [1.54, 1.807) is 0 Å². The summed E-state index contributed by atoms with van der Waals surface area (Å²) in [4.78, 5) is 12.5. The smallest absolute Gasteiger partial charge is 0.432 e. The lowest BCUT2D eigenvalue weighted by Gasteiger charge is -2.24. The number of hydrogen-bond acceptors (Lipinski definition) is 4. The third-order valence-electron chi connectivity index (χ3n) is 3.20. The summed E-state index contributed by atoms with van der Waals surface area (Å²) in [5.41, 5.74) is 1.80. The molecule has 0 bridgehead atoms. The lowest BCUT2D eigenvalue weighted by molar-refractivity contribution is -0.144. The summed E-state index contributed by atoms with van der Waals surface area (Å²) in [5, 5.41) is 15.9. The number of carbonyl (C=O) groups excluding carboxylic acids is 1. The Morgan fingerprint density at radius 3 is 2.30 bits per heavy atom.